The van der Waals surface area contributed by atoms with Gasteiger partial charge in [-0.1, -0.05) is 28.1 Å². The quantitative estimate of drug-likeness (QED) is 0.761. The van der Waals surface area contributed by atoms with Crippen molar-refractivity contribution < 1.29 is 9.90 Å². The van der Waals surface area contributed by atoms with Gasteiger partial charge in [0.05, 0.1) is 5.56 Å². The van der Waals surface area contributed by atoms with E-state index >= 15 is 0 Å². The van der Waals surface area contributed by atoms with Gasteiger partial charge in [0.25, 0.3) is 5.91 Å². The van der Waals surface area contributed by atoms with E-state index in [1.807, 2.05) is 0 Å². The number of aromatic hydroxyl groups is 1. The molecule has 2 rings (SSSR count). The smallest absolute Gasteiger partial charge is 0.253 e. The molecule has 2 aromatic rings. The molecule has 0 spiro atoms. The second-order valence-corrected chi connectivity index (χ2v) is 5.00. The number of carbonyl (C=O) groups is 1. The van der Waals surface area contributed by atoms with Gasteiger partial charge < -0.3 is 16.2 Å². The normalized spacial score (nSPS) is 10.2. The van der Waals surface area contributed by atoms with Crippen molar-refractivity contribution in [3.05, 3.63) is 58.1 Å². The Morgan fingerprint density at radius 1 is 1.21 bits per heavy atom. The molecule has 0 bridgehead atoms. The summed E-state index contributed by atoms with van der Waals surface area (Å²) >= 11 is 3.31. The van der Waals surface area contributed by atoms with Crippen LogP contribution in [0.3, 0.4) is 0 Å². The van der Waals surface area contributed by atoms with Crippen molar-refractivity contribution in [3.63, 3.8) is 0 Å². The highest BCUT2D eigenvalue weighted by Gasteiger charge is 2.09. The Labute approximate surface area is 119 Å². The van der Waals surface area contributed by atoms with E-state index in [9.17, 15) is 4.79 Å². The SMILES string of the molecule is Nc1ccc(Br)cc1C(=O)NCc1ccc(O)cc1. The van der Waals surface area contributed by atoms with Crippen LogP contribution < -0.4 is 11.1 Å². The molecular formula is C14H13BrN2O2. The lowest BCUT2D eigenvalue weighted by atomic mass is 10.1. The number of amides is 1. The number of phenols is 1. The van der Waals surface area contributed by atoms with Crippen molar-refractivity contribution >= 4 is 27.5 Å². The zero-order valence-corrected chi connectivity index (χ0v) is 11.6. The molecule has 2 aromatic carbocycles. The van der Waals surface area contributed by atoms with Gasteiger partial charge in [-0.25, -0.2) is 0 Å². The van der Waals surface area contributed by atoms with Crippen LogP contribution in [0, 0.1) is 0 Å². The van der Waals surface area contributed by atoms with E-state index in [0.29, 0.717) is 17.8 Å². The van der Waals surface area contributed by atoms with Crippen LogP contribution in [0.2, 0.25) is 0 Å². The van der Waals surface area contributed by atoms with Gasteiger partial charge in [0.15, 0.2) is 0 Å². The van der Waals surface area contributed by atoms with Gasteiger partial charge in [0.1, 0.15) is 5.75 Å². The van der Waals surface area contributed by atoms with Crippen LogP contribution in [0.4, 0.5) is 5.69 Å². The highest BCUT2D eigenvalue weighted by Crippen LogP contribution is 2.18. The molecule has 0 heterocycles. The van der Waals surface area contributed by atoms with Gasteiger partial charge in [-0.2, -0.15) is 0 Å². The fourth-order valence-corrected chi connectivity index (χ4v) is 1.98. The van der Waals surface area contributed by atoms with Crippen LogP contribution in [-0.4, -0.2) is 11.0 Å². The summed E-state index contributed by atoms with van der Waals surface area (Å²) in [5.41, 5.74) is 7.54. The van der Waals surface area contributed by atoms with Gasteiger partial charge >= 0.3 is 0 Å². The van der Waals surface area contributed by atoms with Crippen LogP contribution in [0.1, 0.15) is 15.9 Å². The molecular weight excluding hydrogens is 308 g/mol. The predicted molar refractivity (Wildman–Crippen MR) is 77.8 cm³/mol. The molecule has 0 saturated heterocycles. The molecule has 0 aliphatic carbocycles. The van der Waals surface area contributed by atoms with E-state index in [4.69, 9.17) is 10.8 Å². The first-order valence-electron chi connectivity index (χ1n) is 5.67. The van der Waals surface area contributed by atoms with E-state index in [1.165, 1.54) is 0 Å². The summed E-state index contributed by atoms with van der Waals surface area (Å²) in [6.07, 6.45) is 0. The van der Waals surface area contributed by atoms with Crippen molar-refractivity contribution in [2.24, 2.45) is 0 Å². The topological polar surface area (TPSA) is 75.4 Å². The van der Waals surface area contributed by atoms with Gasteiger partial charge in [0, 0.05) is 16.7 Å². The van der Waals surface area contributed by atoms with Crippen LogP contribution in [0.5, 0.6) is 5.75 Å². The molecule has 98 valence electrons. The predicted octanol–water partition coefficient (Wildman–Crippen LogP) is 2.67. The zero-order chi connectivity index (χ0) is 13.8. The first kappa shape index (κ1) is 13.4. The molecule has 0 unspecified atom stereocenters. The van der Waals surface area contributed by atoms with Crippen LogP contribution in [0.25, 0.3) is 0 Å². The molecule has 0 aliphatic heterocycles. The van der Waals surface area contributed by atoms with Crippen molar-refractivity contribution in [2.45, 2.75) is 6.54 Å². The molecule has 19 heavy (non-hydrogen) atoms. The van der Waals surface area contributed by atoms with E-state index in [0.717, 1.165) is 10.0 Å². The summed E-state index contributed by atoms with van der Waals surface area (Å²) in [5.74, 6) is -0.0295. The van der Waals surface area contributed by atoms with Crippen LogP contribution in [-0.2, 0) is 6.54 Å². The Balaban J connectivity index is 2.05. The highest BCUT2D eigenvalue weighted by molar-refractivity contribution is 9.10. The zero-order valence-electron chi connectivity index (χ0n) is 10.1. The van der Waals surface area contributed by atoms with Crippen molar-refractivity contribution in [1.29, 1.82) is 0 Å². The van der Waals surface area contributed by atoms with E-state index in [2.05, 4.69) is 21.2 Å². The molecule has 0 saturated carbocycles. The maximum absolute atomic E-state index is 12.0. The fourth-order valence-electron chi connectivity index (χ4n) is 1.62. The fraction of sp³-hybridized carbons (Fsp3) is 0.0714. The summed E-state index contributed by atoms with van der Waals surface area (Å²) < 4.78 is 0.802. The van der Waals surface area contributed by atoms with Gasteiger partial charge in [-0.05, 0) is 35.9 Å². The van der Waals surface area contributed by atoms with E-state index in [-0.39, 0.29) is 11.7 Å². The van der Waals surface area contributed by atoms with Crippen LogP contribution in [0.15, 0.2) is 46.9 Å². The number of hydrogen-bond acceptors (Lipinski definition) is 3. The summed E-state index contributed by atoms with van der Waals surface area (Å²) in [4.78, 5) is 12.0. The number of benzene rings is 2. The van der Waals surface area contributed by atoms with Gasteiger partial charge in [-0.15, -0.1) is 0 Å². The second-order valence-electron chi connectivity index (χ2n) is 4.08. The number of nitrogens with one attached hydrogen (secondary N) is 1. The Bertz CT molecular complexity index is 597. The Kier molecular flexibility index (Phi) is 4.06. The number of phenolic OH excluding ortho intramolecular Hbond substituents is 1. The molecule has 1 amide bonds. The van der Waals surface area contributed by atoms with Crippen molar-refractivity contribution in [2.75, 3.05) is 5.73 Å². The number of nitrogen functional groups attached to an aromatic ring is 1. The Hall–Kier alpha value is -2.01. The summed E-state index contributed by atoms with van der Waals surface area (Å²) in [5, 5.41) is 12.0. The minimum atomic E-state index is -0.230. The minimum Gasteiger partial charge on any atom is -0.508 e. The number of anilines is 1. The highest BCUT2D eigenvalue weighted by atomic mass is 79.9. The first-order valence-corrected chi connectivity index (χ1v) is 6.46. The molecule has 0 aliphatic rings. The Morgan fingerprint density at radius 3 is 2.58 bits per heavy atom. The molecule has 0 atom stereocenters. The number of nitrogens with two attached hydrogens (primary N) is 1. The van der Waals surface area contributed by atoms with Crippen molar-refractivity contribution in [3.8, 4) is 5.75 Å². The summed E-state index contributed by atoms with van der Waals surface area (Å²) in [6.45, 7) is 0.380. The number of hydrogen-bond donors (Lipinski definition) is 3. The molecule has 0 fully saturated rings. The summed E-state index contributed by atoms with van der Waals surface area (Å²) in [6, 6.07) is 11.8. The lowest BCUT2D eigenvalue weighted by molar-refractivity contribution is 0.0951. The lowest BCUT2D eigenvalue weighted by Crippen LogP contribution is -2.23. The average molecular weight is 321 g/mol. The largest absolute Gasteiger partial charge is 0.508 e. The third kappa shape index (κ3) is 3.48. The maximum atomic E-state index is 12.0. The molecule has 4 N–H and O–H groups in total. The third-order valence-corrected chi connectivity index (χ3v) is 3.14. The Morgan fingerprint density at radius 2 is 1.89 bits per heavy atom. The van der Waals surface area contributed by atoms with Crippen molar-refractivity contribution in [1.82, 2.24) is 5.32 Å². The molecule has 0 radical (unpaired) electrons. The van der Waals surface area contributed by atoms with E-state index in [1.54, 1.807) is 42.5 Å². The molecule has 4 nitrogen and oxygen atoms in total. The molecule has 5 heteroatoms. The summed E-state index contributed by atoms with van der Waals surface area (Å²) in [7, 11) is 0. The lowest BCUT2D eigenvalue weighted by Gasteiger charge is -2.08. The van der Waals surface area contributed by atoms with Crippen LogP contribution >= 0.6 is 15.9 Å². The van der Waals surface area contributed by atoms with E-state index < -0.39 is 0 Å². The minimum absolute atomic E-state index is 0.200. The average Bonchev–Trinajstić information content (AvgIpc) is 2.40. The third-order valence-electron chi connectivity index (χ3n) is 2.65. The van der Waals surface area contributed by atoms with Gasteiger partial charge in [-0.3, -0.25) is 4.79 Å². The standard InChI is InChI=1S/C14H13BrN2O2/c15-10-3-6-13(16)12(7-10)14(19)17-8-9-1-4-11(18)5-2-9/h1-7,18H,8,16H2,(H,17,19). The molecule has 0 aromatic heterocycles. The number of halogens is 1. The first-order chi connectivity index (χ1) is 9.06. The number of rotatable bonds is 3. The number of carbonyl (C=O) groups excluding carboxylic acids is 1. The monoisotopic (exact) mass is 320 g/mol. The second kappa shape index (κ2) is 5.75. The maximum Gasteiger partial charge on any atom is 0.253 e. The van der Waals surface area contributed by atoms with Gasteiger partial charge in [0.2, 0.25) is 0 Å².